The van der Waals surface area contributed by atoms with Gasteiger partial charge in [-0.15, -0.1) is 0 Å². The molecule has 0 saturated carbocycles. The van der Waals surface area contributed by atoms with E-state index in [0.717, 1.165) is 12.5 Å². The van der Waals surface area contributed by atoms with Crippen LogP contribution in [0, 0.1) is 12.0 Å². The molecule has 0 unspecified atom stereocenters. The van der Waals surface area contributed by atoms with Crippen LogP contribution in [-0.2, 0) is 24.2 Å². The van der Waals surface area contributed by atoms with E-state index in [1.807, 2.05) is 0 Å². The zero-order valence-electron chi connectivity index (χ0n) is 8.10. The summed E-state index contributed by atoms with van der Waals surface area (Å²) < 4.78 is 5.48. The smallest absolute Gasteiger partial charge is 0.0174 e. The van der Waals surface area contributed by atoms with Crippen LogP contribution in [-0.4, -0.2) is 6.10 Å². The topological polar surface area (TPSA) is 9.23 Å². The number of hydrogen-bond acceptors (Lipinski definition) is 1. The van der Waals surface area contributed by atoms with E-state index >= 15 is 0 Å². The van der Waals surface area contributed by atoms with Gasteiger partial charge in [0.25, 0.3) is 0 Å². The van der Waals surface area contributed by atoms with Crippen molar-refractivity contribution in [1.29, 1.82) is 0 Å². The van der Waals surface area contributed by atoms with Gasteiger partial charge in [-0.1, -0.05) is 19.8 Å². The Kier molecular flexibility index (Phi) is 9.30. The van der Waals surface area contributed by atoms with E-state index in [9.17, 15) is 0 Å². The molecule has 0 amide bonds. The van der Waals surface area contributed by atoms with Gasteiger partial charge in [-0.3, -0.25) is 0 Å². The molecule has 0 aliphatic heterocycles. The van der Waals surface area contributed by atoms with Gasteiger partial charge < -0.3 is 4.74 Å². The first-order valence-corrected chi connectivity index (χ1v) is 4.01. The van der Waals surface area contributed by atoms with Crippen molar-refractivity contribution in [2.24, 2.45) is 5.92 Å². The van der Waals surface area contributed by atoms with Crippen LogP contribution in [0.15, 0.2) is 0 Å². The summed E-state index contributed by atoms with van der Waals surface area (Å²) in [6, 6.07) is 0. The molecule has 11 heavy (non-hydrogen) atoms. The zero-order valence-corrected chi connectivity index (χ0v) is 9.74. The van der Waals surface area contributed by atoms with Crippen molar-refractivity contribution in [2.45, 2.75) is 47.1 Å². The molecule has 0 aromatic carbocycles. The summed E-state index contributed by atoms with van der Waals surface area (Å²) in [5, 5.41) is 0. The molecule has 0 N–H and O–H groups in total. The first-order chi connectivity index (χ1) is 4.52. The predicted octanol–water partition coefficient (Wildman–Crippen LogP) is 3.01. The van der Waals surface area contributed by atoms with E-state index in [1.54, 1.807) is 0 Å². The van der Waals surface area contributed by atoms with Crippen LogP contribution < -0.4 is 0 Å². The van der Waals surface area contributed by atoms with E-state index in [1.165, 1.54) is 0 Å². The van der Waals surface area contributed by atoms with Crippen molar-refractivity contribution in [3.63, 3.8) is 0 Å². The van der Waals surface area contributed by atoms with Gasteiger partial charge in [-0.05, 0) is 13.8 Å². The van der Waals surface area contributed by atoms with Gasteiger partial charge in [0.05, 0.1) is 0 Å². The second kappa shape index (κ2) is 7.24. The summed E-state index contributed by atoms with van der Waals surface area (Å²) in [7, 11) is 0. The second-order valence-electron chi connectivity index (χ2n) is 3.47. The Morgan fingerprint density at radius 3 is 1.91 bits per heavy atom. The van der Waals surface area contributed by atoms with E-state index in [2.05, 4.69) is 34.6 Å². The molecule has 0 saturated heterocycles. The van der Waals surface area contributed by atoms with Crippen LogP contribution in [0.1, 0.15) is 41.0 Å². The van der Waals surface area contributed by atoms with Crippen LogP contribution in [0.25, 0.3) is 0 Å². The van der Waals surface area contributed by atoms with Crippen LogP contribution in [0.3, 0.4) is 0 Å². The molecule has 0 heterocycles. The van der Waals surface area contributed by atoms with Gasteiger partial charge in [0, 0.05) is 25.6 Å². The maximum Gasteiger partial charge on any atom is 0.0174 e. The van der Waals surface area contributed by atoms with Crippen molar-refractivity contribution >= 4 is 0 Å². The third-order valence-corrected chi connectivity index (χ3v) is 1.13. The molecule has 0 fully saturated rings. The average molecular weight is 246 g/mol. The third kappa shape index (κ3) is 10.6. The van der Waals surface area contributed by atoms with E-state index in [4.69, 9.17) is 4.74 Å². The molecule has 71 valence electrons. The van der Waals surface area contributed by atoms with Crippen molar-refractivity contribution in [3.8, 4) is 0 Å². The summed E-state index contributed by atoms with van der Waals surface area (Å²) >= 11 is 0. The fourth-order valence-electron chi connectivity index (χ4n) is 1.03. The minimum Gasteiger partial charge on any atom is -0.547 e. The van der Waals surface area contributed by atoms with Gasteiger partial charge in [0.15, 0.2) is 0 Å². The van der Waals surface area contributed by atoms with E-state index < -0.39 is 0 Å². The first-order valence-electron chi connectivity index (χ1n) is 4.01. The molecule has 0 spiro atoms. The summed E-state index contributed by atoms with van der Waals surface area (Å²) in [5.74, 6) is 0.707. The van der Waals surface area contributed by atoms with Crippen molar-refractivity contribution in [3.05, 3.63) is 6.10 Å². The molecule has 0 rings (SSSR count). The molecular weight excluding hydrogens is 227 g/mol. The first kappa shape index (κ1) is 14.1. The summed E-state index contributed by atoms with van der Waals surface area (Å²) in [6.45, 7) is 10.6. The molecule has 0 aliphatic carbocycles. The Morgan fingerprint density at radius 1 is 1.18 bits per heavy atom. The Bertz CT molecular complexity index is 71.6. The molecule has 0 atom stereocenters. The summed E-state index contributed by atoms with van der Waals surface area (Å²) in [6.07, 6.45) is 2.57. The molecule has 0 aromatic rings. The monoisotopic (exact) mass is 246 g/mol. The fourth-order valence-corrected chi connectivity index (χ4v) is 1.03. The van der Waals surface area contributed by atoms with Crippen LogP contribution >= 0.6 is 0 Å². The number of hydrogen-bond donors (Lipinski definition) is 0. The van der Waals surface area contributed by atoms with Crippen LogP contribution in [0.2, 0.25) is 0 Å². The summed E-state index contributed by atoms with van der Waals surface area (Å²) in [4.78, 5) is 0. The van der Waals surface area contributed by atoms with E-state index in [0.29, 0.717) is 12.0 Å². The maximum absolute atomic E-state index is 5.48. The van der Waals surface area contributed by atoms with Crippen molar-refractivity contribution in [2.75, 3.05) is 0 Å². The minimum absolute atomic E-state index is 0. The number of rotatable bonds is 4. The largest absolute Gasteiger partial charge is 0.547 e. The quantitative estimate of drug-likeness (QED) is 0.547. The van der Waals surface area contributed by atoms with Gasteiger partial charge in [-0.2, -0.15) is 19.4 Å². The fraction of sp³-hybridized carbons (Fsp3) is 0.889. The normalized spacial score (nSPS) is 10.9. The molecule has 1 nitrogen and oxygen atoms in total. The standard InChI is InChI=1S/C9H19O.Rh/c1-7(2)6-9(5)10-8(3)4;/h7-8H,6H2,1-5H3;/q-1;. The van der Waals surface area contributed by atoms with Gasteiger partial charge in [0.1, 0.15) is 0 Å². The van der Waals surface area contributed by atoms with Gasteiger partial charge in [-0.25, -0.2) is 0 Å². The average Bonchev–Trinajstić information content (AvgIpc) is 1.58. The van der Waals surface area contributed by atoms with Crippen LogP contribution in [0.4, 0.5) is 0 Å². The minimum atomic E-state index is 0. The van der Waals surface area contributed by atoms with Crippen molar-refractivity contribution in [1.82, 2.24) is 0 Å². The SMILES string of the molecule is C[C-](CC(C)C)OC(C)C.[Rh]. The Morgan fingerprint density at radius 2 is 1.64 bits per heavy atom. The molecule has 1 radical (unpaired) electrons. The molecule has 0 aromatic heterocycles. The molecule has 2 heteroatoms. The van der Waals surface area contributed by atoms with Gasteiger partial charge >= 0.3 is 0 Å². The molecular formula is C9H19ORh-. The summed E-state index contributed by atoms with van der Waals surface area (Å²) in [5.41, 5.74) is 0. The van der Waals surface area contributed by atoms with Gasteiger partial charge in [0.2, 0.25) is 0 Å². The molecule has 0 bridgehead atoms. The third-order valence-electron chi connectivity index (χ3n) is 1.13. The predicted molar refractivity (Wildman–Crippen MR) is 44.6 cm³/mol. The second-order valence-corrected chi connectivity index (χ2v) is 3.47. The van der Waals surface area contributed by atoms with Crippen molar-refractivity contribution < 1.29 is 24.2 Å². The van der Waals surface area contributed by atoms with Crippen LogP contribution in [0.5, 0.6) is 0 Å². The Balaban J connectivity index is 0. The Labute approximate surface area is 83.7 Å². The number of ether oxygens (including phenoxy) is 1. The van der Waals surface area contributed by atoms with E-state index in [-0.39, 0.29) is 19.5 Å². The maximum atomic E-state index is 5.48. The zero-order chi connectivity index (χ0) is 8.15. The molecule has 0 aliphatic rings. The Hall–Kier alpha value is 0.583.